The molecule has 0 radical (unpaired) electrons. The minimum atomic E-state index is -0.204. The van der Waals surface area contributed by atoms with Crippen LogP contribution in [-0.4, -0.2) is 10.9 Å². The van der Waals surface area contributed by atoms with Crippen LogP contribution in [0.25, 0.3) is 0 Å². The van der Waals surface area contributed by atoms with Crippen molar-refractivity contribution in [2.24, 2.45) is 11.3 Å². The number of anilines is 2. The summed E-state index contributed by atoms with van der Waals surface area (Å²) in [4.78, 5) is 16.6. The molecule has 4 nitrogen and oxygen atoms in total. The van der Waals surface area contributed by atoms with Gasteiger partial charge in [-0.1, -0.05) is 26.7 Å². The number of nitrogens with one attached hydrogen (secondary N) is 1. The number of nitrogen functional groups attached to an aromatic ring is 1. The van der Waals surface area contributed by atoms with Crippen molar-refractivity contribution in [3.05, 3.63) is 18.5 Å². The third-order valence-electron chi connectivity index (χ3n) is 3.94. The van der Waals surface area contributed by atoms with E-state index in [9.17, 15) is 4.79 Å². The summed E-state index contributed by atoms with van der Waals surface area (Å²) in [5.41, 5.74) is 6.83. The van der Waals surface area contributed by atoms with Crippen LogP contribution in [0.1, 0.15) is 46.0 Å². The number of hydrogen-bond donors (Lipinski definition) is 2. The fraction of sp³-hybridized carbons (Fsp3) is 0.600. The largest absolute Gasteiger partial charge is 0.396 e. The van der Waals surface area contributed by atoms with Gasteiger partial charge in [0, 0.05) is 11.6 Å². The van der Waals surface area contributed by atoms with Gasteiger partial charge in [-0.15, -0.1) is 0 Å². The zero-order valence-corrected chi connectivity index (χ0v) is 11.8. The van der Waals surface area contributed by atoms with Gasteiger partial charge in [-0.25, -0.2) is 0 Å². The Bertz CT molecular complexity index is 450. The summed E-state index contributed by atoms with van der Waals surface area (Å²) in [6, 6.07) is 1.76. The molecule has 0 atom stereocenters. The second-order valence-electron chi connectivity index (χ2n) is 6.00. The van der Waals surface area contributed by atoms with Crippen molar-refractivity contribution in [3.63, 3.8) is 0 Å². The van der Waals surface area contributed by atoms with Crippen LogP contribution in [0.4, 0.5) is 11.4 Å². The lowest BCUT2D eigenvalue weighted by Gasteiger charge is -2.29. The molecule has 104 valence electrons. The van der Waals surface area contributed by atoms with Gasteiger partial charge in [0.05, 0.1) is 17.6 Å². The number of aromatic nitrogens is 1. The van der Waals surface area contributed by atoms with E-state index < -0.39 is 0 Å². The normalized spacial score (nSPS) is 17.6. The van der Waals surface area contributed by atoms with E-state index in [4.69, 9.17) is 5.73 Å². The quantitative estimate of drug-likeness (QED) is 0.874. The van der Waals surface area contributed by atoms with Crippen molar-refractivity contribution in [1.82, 2.24) is 4.98 Å². The molecule has 1 fully saturated rings. The first kappa shape index (κ1) is 13.8. The summed E-state index contributed by atoms with van der Waals surface area (Å²) in [6.45, 7) is 4.35. The molecule has 1 saturated carbocycles. The molecule has 0 spiro atoms. The molecular formula is C15H23N3O. The van der Waals surface area contributed by atoms with E-state index in [1.807, 2.05) is 0 Å². The first-order chi connectivity index (χ1) is 9.03. The van der Waals surface area contributed by atoms with Crippen LogP contribution >= 0.6 is 0 Å². The Labute approximate surface area is 114 Å². The van der Waals surface area contributed by atoms with E-state index in [-0.39, 0.29) is 11.3 Å². The third kappa shape index (κ3) is 3.06. The second-order valence-corrected chi connectivity index (χ2v) is 6.00. The number of amides is 1. The summed E-state index contributed by atoms with van der Waals surface area (Å²) < 4.78 is 0. The Hall–Kier alpha value is -1.58. The lowest BCUT2D eigenvalue weighted by molar-refractivity contribution is -0.126. The monoisotopic (exact) mass is 261 g/mol. The van der Waals surface area contributed by atoms with E-state index in [1.54, 1.807) is 18.5 Å². The molecule has 1 amide bonds. The predicted molar refractivity (Wildman–Crippen MR) is 77.6 cm³/mol. The molecule has 1 aromatic rings. The van der Waals surface area contributed by atoms with Crippen LogP contribution in [0, 0.1) is 11.3 Å². The number of hydrogen-bond acceptors (Lipinski definition) is 3. The molecule has 0 aliphatic heterocycles. The average molecular weight is 261 g/mol. The number of nitrogens with two attached hydrogens (primary N) is 1. The van der Waals surface area contributed by atoms with Crippen molar-refractivity contribution in [2.45, 2.75) is 46.0 Å². The molecule has 19 heavy (non-hydrogen) atoms. The SMILES string of the molecule is CC(C)CC1(C(=O)Nc2ccncc2N)CCCC1. The number of pyridine rings is 1. The van der Waals surface area contributed by atoms with Gasteiger partial charge in [0.2, 0.25) is 5.91 Å². The molecule has 0 unspecified atom stereocenters. The van der Waals surface area contributed by atoms with Crippen molar-refractivity contribution in [2.75, 3.05) is 11.1 Å². The van der Waals surface area contributed by atoms with Gasteiger partial charge < -0.3 is 11.1 Å². The summed E-state index contributed by atoms with van der Waals surface area (Å²) in [5.74, 6) is 0.648. The van der Waals surface area contributed by atoms with E-state index in [0.29, 0.717) is 17.3 Å². The number of carbonyl (C=O) groups excluding carboxylic acids is 1. The van der Waals surface area contributed by atoms with Crippen molar-refractivity contribution in [3.8, 4) is 0 Å². The third-order valence-corrected chi connectivity index (χ3v) is 3.94. The highest BCUT2D eigenvalue weighted by Crippen LogP contribution is 2.44. The van der Waals surface area contributed by atoms with Gasteiger partial charge in [-0.3, -0.25) is 9.78 Å². The first-order valence-electron chi connectivity index (χ1n) is 7.04. The highest BCUT2D eigenvalue weighted by atomic mass is 16.2. The lowest BCUT2D eigenvalue weighted by atomic mass is 9.77. The number of carbonyl (C=O) groups is 1. The Balaban J connectivity index is 2.15. The minimum Gasteiger partial charge on any atom is -0.396 e. The van der Waals surface area contributed by atoms with E-state index in [1.165, 1.54) is 0 Å². The molecule has 3 N–H and O–H groups in total. The maximum absolute atomic E-state index is 12.6. The fourth-order valence-electron chi connectivity index (χ4n) is 3.13. The Morgan fingerprint density at radius 3 is 2.74 bits per heavy atom. The van der Waals surface area contributed by atoms with Crippen LogP contribution in [-0.2, 0) is 4.79 Å². The Morgan fingerprint density at radius 1 is 1.47 bits per heavy atom. The van der Waals surface area contributed by atoms with Crippen LogP contribution in [0.15, 0.2) is 18.5 Å². The lowest BCUT2D eigenvalue weighted by Crippen LogP contribution is -2.35. The topological polar surface area (TPSA) is 68.0 Å². The molecule has 1 heterocycles. The van der Waals surface area contributed by atoms with Crippen molar-refractivity contribution in [1.29, 1.82) is 0 Å². The van der Waals surface area contributed by atoms with E-state index in [0.717, 1.165) is 32.1 Å². The van der Waals surface area contributed by atoms with E-state index in [2.05, 4.69) is 24.1 Å². The van der Waals surface area contributed by atoms with E-state index >= 15 is 0 Å². The summed E-state index contributed by atoms with van der Waals surface area (Å²) >= 11 is 0. The summed E-state index contributed by atoms with van der Waals surface area (Å²) in [5, 5.41) is 2.99. The number of nitrogens with zero attached hydrogens (tertiary/aromatic N) is 1. The molecule has 0 aromatic carbocycles. The first-order valence-corrected chi connectivity index (χ1v) is 7.04. The highest BCUT2D eigenvalue weighted by molar-refractivity contribution is 5.97. The molecule has 1 aliphatic carbocycles. The van der Waals surface area contributed by atoms with Crippen LogP contribution in [0.2, 0.25) is 0 Å². The predicted octanol–water partition coefficient (Wildman–Crippen LogP) is 3.21. The van der Waals surface area contributed by atoms with Gasteiger partial charge >= 0.3 is 0 Å². The smallest absolute Gasteiger partial charge is 0.230 e. The van der Waals surface area contributed by atoms with Gasteiger partial charge in [0.15, 0.2) is 0 Å². The number of rotatable bonds is 4. The van der Waals surface area contributed by atoms with Crippen molar-refractivity contribution >= 4 is 17.3 Å². The molecular weight excluding hydrogens is 238 g/mol. The minimum absolute atomic E-state index is 0.122. The molecule has 1 aliphatic rings. The van der Waals surface area contributed by atoms with Crippen LogP contribution in [0.5, 0.6) is 0 Å². The van der Waals surface area contributed by atoms with Gasteiger partial charge in [-0.05, 0) is 31.2 Å². The summed E-state index contributed by atoms with van der Waals surface area (Å²) in [6.07, 6.45) is 8.43. The fourth-order valence-corrected chi connectivity index (χ4v) is 3.13. The van der Waals surface area contributed by atoms with Crippen LogP contribution in [0.3, 0.4) is 0 Å². The maximum atomic E-state index is 12.6. The van der Waals surface area contributed by atoms with Gasteiger partial charge in [-0.2, -0.15) is 0 Å². The zero-order valence-electron chi connectivity index (χ0n) is 11.8. The second kappa shape index (κ2) is 5.59. The Kier molecular flexibility index (Phi) is 4.08. The Morgan fingerprint density at radius 2 is 2.16 bits per heavy atom. The van der Waals surface area contributed by atoms with Gasteiger partial charge in [0.1, 0.15) is 0 Å². The average Bonchev–Trinajstić information content (AvgIpc) is 2.81. The molecule has 0 saturated heterocycles. The standard InChI is InChI=1S/C15H23N3O/c1-11(2)9-15(6-3-4-7-15)14(19)18-13-5-8-17-10-12(13)16/h5,8,10-11H,3-4,6-7,9,16H2,1-2H3,(H,17,18,19). The van der Waals surface area contributed by atoms with Gasteiger partial charge in [0.25, 0.3) is 0 Å². The zero-order chi connectivity index (χ0) is 13.9. The van der Waals surface area contributed by atoms with Crippen molar-refractivity contribution < 1.29 is 4.79 Å². The summed E-state index contributed by atoms with van der Waals surface area (Å²) in [7, 11) is 0. The maximum Gasteiger partial charge on any atom is 0.230 e. The molecule has 2 rings (SSSR count). The highest BCUT2D eigenvalue weighted by Gasteiger charge is 2.41. The molecule has 4 heteroatoms. The molecule has 1 aromatic heterocycles. The molecule has 0 bridgehead atoms. The van der Waals surface area contributed by atoms with Crippen LogP contribution < -0.4 is 11.1 Å².